The molecule has 0 aliphatic heterocycles. The first kappa shape index (κ1) is 27.2. The van der Waals surface area contributed by atoms with Crippen molar-refractivity contribution in [2.75, 3.05) is 0 Å². The van der Waals surface area contributed by atoms with Gasteiger partial charge in [-0.05, 0) is 55.4 Å². The van der Waals surface area contributed by atoms with Crippen molar-refractivity contribution in [2.45, 2.75) is 0 Å². The highest BCUT2D eigenvalue weighted by molar-refractivity contribution is 6.21. The second-order valence-electron chi connectivity index (χ2n) is 11.3. The van der Waals surface area contributed by atoms with E-state index in [4.69, 9.17) is 16.5 Å². The van der Waals surface area contributed by atoms with Crippen LogP contribution in [-0.4, -0.2) is 9.97 Å². The molecule has 7 aromatic carbocycles. The predicted molar refractivity (Wildman–Crippen MR) is 190 cm³/mol. The Labute approximate surface area is 267 Å². The van der Waals surface area contributed by atoms with Gasteiger partial charge in [-0.1, -0.05) is 158 Å². The second-order valence-corrected chi connectivity index (χ2v) is 11.3. The van der Waals surface area contributed by atoms with E-state index in [1.54, 1.807) is 0 Å². The van der Waals surface area contributed by atoms with Gasteiger partial charge < -0.3 is 0 Å². The molecule has 8 aromatic rings. The molecule has 0 amide bonds. The molecular weight excluding hydrogens is 558 g/mol. The van der Waals surface area contributed by atoms with Crippen LogP contribution in [0.4, 0.5) is 5.69 Å². The number of fused-ring (bicyclic) bond motifs is 3. The number of rotatable bonds is 5. The molecule has 3 nitrogen and oxygen atoms in total. The fourth-order valence-electron chi connectivity index (χ4n) is 6.32. The summed E-state index contributed by atoms with van der Waals surface area (Å²) in [7, 11) is 0. The Morgan fingerprint density at radius 3 is 1.28 bits per heavy atom. The van der Waals surface area contributed by atoms with E-state index in [9.17, 15) is 0 Å². The molecule has 0 radical (unpaired) electrons. The molecular formula is C43H27N3. The van der Waals surface area contributed by atoms with Crippen LogP contribution in [0.1, 0.15) is 0 Å². The number of aromatic nitrogens is 2. The maximum Gasteiger partial charge on any atom is 0.187 e. The third kappa shape index (κ3) is 4.89. The highest BCUT2D eigenvalue weighted by Gasteiger charge is 2.18. The van der Waals surface area contributed by atoms with Crippen LogP contribution >= 0.6 is 0 Å². The Hall–Kier alpha value is -6.37. The lowest BCUT2D eigenvalue weighted by molar-refractivity contribution is 1.18. The van der Waals surface area contributed by atoms with Gasteiger partial charge in [-0.2, -0.15) is 0 Å². The summed E-state index contributed by atoms with van der Waals surface area (Å²) in [5.74, 6) is 0.656. The van der Waals surface area contributed by atoms with Crippen LogP contribution in [0.15, 0.2) is 164 Å². The van der Waals surface area contributed by atoms with Gasteiger partial charge in [0, 0.05) is 11.1 Å². The highest BCUT2D eigenvalue weighted by atomic mass is 14.9. The van der Waals surface area contributed by atoms with Crippen LogP contribution < -0.4 is 0 Å². The minimum atomic E-state index is 0.605. The van der Waals surface area contributed by atoms with E-state index in [1.807, 2.05) is 48.5 Å². The van der Waals surface area contributed by atoms with E-state index in [2.05, 4.69) is 120 Å². The van der Waals surface area contributed by atoms with Gasteiger partial charge in [-0.3, -0.25) is 0 Å². The second kappa shape index (κ2) is 11.6. The van der Waals surface area contributed by atoms with Crippen LogP contribution in [0, 0.1) is 6.57 Å². The zero-order valence-electron chi connectivity index (χ0n) is 24.9. The molecule has 0 bridgehead atoms. The Kier molecular flexibility index (Phi) is 6.87. The number of nitrogens with zero attached hydrogens (tertiary/aromatic N) is 3. The summed E-state index contributed by atoms with van der Waals surface area (Å²) in [6.45, 7) is 7.34. The molecule has 0 saturated carbocycles. The Morgan fingerprint density at radius 2 is 0.761 bits per heavy atom. The first-order chi connectivity index (χ1) is 22.8. The molecule has 46 heavy (non-hydrogen) atoms. The van der Waals surface area contributed by atoms with E-state index in [0.717, 1.165) is 33.6 Å². The molecule has 0 N–H and O–H groups in total. The molecule has 8 rings (SSSR count). The monoisotopic (exact) mass is 585 g/mol. The summed E-state index contributed by atoms with van der Waals surface area (Å²) in [5.41, 5.74) is 9.95. The summed E-state index contributed by atoms with van der Waals surface area (Å²) in [6.07, 6.45) is 0. The van der Waals surface area contributed by atoms with E-state index < -0.39 is 0 Å². The van der Waals surface area contributed by atoms with Crippen molar-refractivity contribution in [1.29, 1.82) is 0 Å². The summed E-state index contributed by atoms with van der Waals surface area (Å²) in [4.78, 5) is 13.6. The van der Waals surface area contributed by atoms with Crippen molar-refractivity contribution >= 4 is 27.2 Å². The van der Waals surface area contributed by atoms with Crippen LogP contribution in [0.25, 0.3) is 82.5 Å². The van der Waals surface area contributed by atoms with Gasteiger partial charge >= 0.3 is 0 Å². The van der Waals surface area contributed by atoms with Crippen molar-refractivity contribution in [3.8, 4) is 56.2 Å². The van der Waals surface area contributed by atoms with Gasteiger partial charge in [-0.25, -0.2) is 14.8 Å². The largest absolute Gasteiger partial charge is 0.238 e. The highest BCUT2D eigenvalue weighted by Crippen LogP contribution is 2.44. The molecule has 0 spiro atoms. The molecule has 3 heteroatoms. The van der Waals surface area contributed by atoms with Gasteiger partial charge in [0.05, 0.1) is 18.0 Å². The molecule has 0 saturated heterocycles. The summed E-state index contributed by atoms with van der Waals surface area (Å²) in [6, 6.07) is 56.5. The van der Waals surface area contributed by atoms with Crippen LogP contribution in [0.2, 0.25) is 0 Å². The predicted octanol–water partition coefficient (Wildman–Crippen LogP) is 11.7. The number of hydrogen-bond donors (Lipinski definition) is 0. The molecule has 0 aliphatic rings. The zero-order valence-corrected chi connectivity index (χ0v) is 24.9. The Morgan fingerprint density at radius 1 is 0.370 bits per heavy atom. The third-order valence-electron chi connectivity index (χ3n) is 8.52. The lowest BCUT2D eigenvalue weighted by atomic mass is 9.85. The Balaban J connectivity index is 1.31. The average molecular weight is 586 g/mol. The first-order valence-corrected chi connectivity index (χ1v) is 15.3. The summed E-state index contributed by atoms with van der Waals surface area (Å²) < 4.78 is 0. The lowest BCUT2D eigenvalue weighted by Gasteiger charge is -2.18. The fourth-order valence-corrected chi connectivity index (χ4v) is 6.32. The maximum atomic E-state index is 7.34. The normalized spacial score (nSPS) is 11.0. The topological polar surface area (TPSA) is 30.1 Å². The van der Waals surface area contributed by atoms with Crippen molar-refractivity contribution in [3.05, 3.63) is 175 Å². The van der Waals surface area contributed by atoms with Crippen molar-refractivity contribution < 1.29 is 0 Å². The van der Waals surface area contributed by atoms with E-state index in [1.165, 1.54) is 38.2 Å². The van der Waals surface area contributed by atoms with Crippen LogP contribution in [0.5, 0.6) is 0 Å². The maximum absolute atomic E-state index is 7.34. The number of hydrogen-bond acceptors (Lipinski definition) is 2. The standard InChI is InChI=1S/C43H27N3/c1-44-34-26-24-30(25-27-34)40-28-39(29-12-4-2-5-13-29)45-43(46-40)33-22-20-32(21-23-33)42-38-19-11-9-17-36(38)35-16-8-10-18-37(35)41(42)31-14-6-3-7-15-31/h2-28H. The zero-order chi connectivity index (χ0) is 30.9. The van der Waals surface area contributed by atoms with Crippen LogP contribution in [-0.2, 0) is 0 Å². The summed E-state index contributed by atoms with van der Waals surface area (Å²) in [5, 5.41) is 4.95. The molecule has 0 atom stereocenters. The Bertz CT molecular complexity index is 2390. The fraction of sp³-hybridized carbons (Fsp3) is 0. The van der Waals surface area contributed by atoms with Crippen molar-refractivity contribution in [3.63, 3.8) is 0 Å². The molecule has 214 valence electrons. The molecule has 1 heterocycles. The minimum absolute atomic E-state index is 0.605. The van der Waals surface area contributed by atoms with Gasteiger partial charge in [0.25, 0.3) is 0 Å². The van der Waals surface area contributed by atoms with Crippen molar-refractivity contribution in [1.82, 2.24) is 9.97 Å². The molecule has 1 aromatic heterocycles. The van der Waals surface area contributed by atoms with Crippen LogP contribution in [0.3, 0.4) is 0 Å². The smallest absolute Gasteiger partial charge is 0.187 e. The number of benzene rings is 7. The average Bonchev–Trinajstić information content (AvgIpc) is 3.15. The SMILES string of the molecule is [C-]#[N+]c1ccc(-c2cc(-c3ccccc3)nc(-c3ccc(-c4c(-c5ccccc5)c5ccccc5c5ccccc45)cc3)n2)cc1. The quantitative estimate of drug-likeness (QED) is 0.149. The van der Waals surface area contributed by atoms with E-state index in [-0.39, 0.29) is 0 Å². The molecule has 0 aliphatic carbocycles. The van der Waals surface area contributed by atoms with E-state index >= 15 is 0 Å². The lowest BCUT2D eigenvalue weighted by Crippen LogP contribution is -1.96. The molecule has 0 unspecified atom stereocenters. The summed E-state index contributed by atoms with van der Waals surface area (Å²) >= 11 is 0. The van der Waals surface area contributed by atoms with Gasteiger partial charge in [-0.15, -0.1) is 0 Å². The van der Waals surface area contributed by atoms with Gasteiger partial charge in [0.15, 0.2) is 11.5 Å². The molecule has 0 fully saturated rings. The van der Waals surface area contributed by atoms with Crippen molar-refractivity contribution in [2.24, 2.45) is 0 Å². The first-order valence-electron chi connectivity index (χ1n) is 15.3. The minimum Gasteiger partial charge on any atom is -0.238 e. The van der Waals surface area contributed by atoms with Gasteiger partial charge in [0.1, 0.15) is 0 Å². The van der Waals surface area contributed by atoms with Gasteiger partial charge in [0.2, 0.25) is 0 Å². The van der Waals surface area contributed by atoms with E-state index in [0.29, 0.717) is 11.5 Å². The third-order valence-corrected chi connectivity index (χ3v) is 8.52.